The quantitative estimate of drug-likeness (QED) is 0.615. The zero-order valence-corrected chi connectivity index (χ0v) is 13.3. The van der Waals surface area contributed by atoms with Crippen LogP contribution in [0, 0.1) is 10.1 Å². The van der Waals surface area contributed by atoms with Gasteiger partial charge in [0.1, 0.15) is 0 Å². The van der Waals surface area contributed by atoms with Crippen molar-refractivity contribution in [2.24, 2.45) is 0 Å². The van der Waals surface area contributed by atoms with Crippen molar-refractivity contribution < 1.29 is 14.5 Å². The van der Waals surface area contributed by atoms with E-state index in [2.05, 4.69) is 15.6 Å². The van der Waals surface area contributed by atoms with Crippen LogP contribution < -0.4 is 10.6 Å². The summed E-state index contributed by atoms with van der Waals surface area (Å²) in [5, 5.41) is 18.2. The minimum Gasteiger partial charge on any atom is -0.343 e. The van der Waals surface area contributed by atoms with Gasteiger partial charge in [0, 0.05) is 29.0 Å². The van der Waals surface area contributed by atoms with Crippen molar-refractivity contribution in [3.8, 4) is 0 Å². The van der Waals surface area contributed by atoms with Gasteiger partial charge in [-0.05, 0) is 18.9 Å². The molecular formula is C15H14N4O4S. The molecule has 1 aliphatic rings. The van der Waals surface area contributed by atoms with Gasteiger partial charge in [-0.25, -0.2) is 4.98 Å². The van der Waals surface area contributed by atoms with E-state index in [-0.39, 0.29) is 17.8 Å². The number of rotatable bonds is 6. The molecule has 9 heteroatoms. The summed E-state index contributed by atoms with van der Waals surface area (Å²) in [5.74, 6) is -0.433. The van der Waals surface area contributed by atoms with E-state index in [1.165, 1.54) is 29.5 Å². The largest absolute Gasteiger partial charge is 0.343 e. The van der Waals surface area contributed by atoms with E-state index in [1.807, 2.05) is 5.38 Å². The second-order valence-electron chi connectivity index (χ2n) is 5.39. The first-order valence-electron chi connectivity index (χ1n) is 7.31. The monoisotopic (exact) mass is 346 g/mol. The van der Waals surface area contributed by atoms with Crippen molar-refractivity contribution in [3.05, 3.63) is 51.0 Å². The second kappa shape index (κ2) is 6.75. The van der Waals surface area contributed by atoms with Gasteiger partial charge in [0.05, 0.1) is 17.2 Å². The number of carbonyl (C=O) groups excluding carboxylic acids is 2. The highest BCUT2D eigenvalue weighted by Gasteiger charge is 2.26. The number of nitro groups is 1. The number of non-ortho nitro benzene ring substituents is 1. The molecule has 124 valence electrons. The maximum absolute atomic E-state index is 12.0. The molecular weight excluding hydrogens is 332 g/mol. The average molecular weight is 346 g/mol. The normalized spacial score (nSPS) is 13.3. The lowest BCUT2D eigenvalue weighted by molar-refractivity contribution is -0.384. The number of hydrogen-bond acceptors (Lipinski definition) is 6. The lowest BCUT2D eigenvalue weighted by Crippen LogP contribution is -2.32. The Balaban J connectivity index is 1.52. The Morgan fingerprint density at radius 1 is 1.38 bits per heavy atom. The summed E-state index contributed by atoms with van der Waals surface area (Å²) in [4.78, 5) is 38.3. The van der Waals surface area contributed by atoms with Gasteiger partial charge >= 0.3 is 0 Å². The molecule has 0 bridgehead atoms. The van der Waals surface area contributed by atoms with E-state index >= 15 is 0 Å². The van der Waals surface area contributed by atoms with Crippen LogP contribution in [0.2, 0.25) is 0 Å². The molecule has 24 heavy (non-hydrogen) atoms. The minimum absolute atomic E-state index is 0.127. The number of amides is 2. The van der Waals surface area contributed by atoms with Crippen molar-refractivity contribution in [1.29, 1.82) is 0 Å². The summed E-state index contributed by atoms with van der Waals surface area (Å²) >= 11 is 1.35. The van der Waals surface area contributed by atoms with Gasteiger partial charge in [0.15, 0.2) is 5.13 Å². The second-order valence-corrected chi connectivity index (χ2v) is 6.25. The lowest BCUT2D eigenvalue weighted by Gasteiger charge is -2.05. The molecule has 0 aliphatic heterocycles. The number of hydrogen-bond donors (Lipinski definition) is 2. The minimum atomic E-state index is -0.580. The molecule has 8 nitrogen and oxygen atoms in total. The summed E-state index contributed by atoms with van der Waals surface area (Å²) in [7, 11) is 0. The topological polar surface area (TPSA) is 114 Å². The maximum Gasteiger partial charge on any atom is 0.270 e. The Morgan fingerprint density at radius 2 is 2.17 bits per heavy atom. The van der Waals surface area contributed by atoms with Crippen molar-refractivity contribution in [2.75, 3.05) is 11.9 Å². The van der Waals surface area contributed by atoms with Gasteiger partial charge in [-0.3, -0.25) is 19.7 Å². The molecule has 0 atom stereocenters. The van der Waals surface area contributed by atoms with Gasteiger partial charge in [-0.1, -0.05) is 6.07 Å². The third-order valence-electron chi connectivity index (χ3n) is 3.49. The van der Waals surface area contributed by atoms with Gasteiger partial charge in [0.25, 0.3) is 11.6 Å². The highest BCUT2D eigenvalue weighted by atomic mass is 32.1. The number of nitrogens with zero attached hydrogens (tertiary/aromatic N) is 2. The standard InChI is InChI=1S/C15H14N4O4S/c20-13(18-15-17-12(8-24-15)9-4-5-9)7-16-14(21)10-2-1-3-11(6-10)19(22)23/h1-3,6,8-9H,4-5,7H2,(H,16,21)(H,17,18,20). The van der Waals surface area contributed by atoms with Crippen LogP contribution in [0.3, 0.4) is 0 Å². The third kappa shape index (κ3) is 3.93. The van der Waals surface area contributed by atoms with Crippen LogP contribution in [-0.4, -0.2) is 28.3 Å². The zero-order valence-electron chi connectivity index (χ0n) is 12.5. The number of benzene rings is 1. The van der Waals surface area contributed by atoms with Gasteiger partial charge in [-0.2, -0.15) is 0 Å². The molecule has 1 aromatic carbocycles. The Kier molecular flexibility index (Phi) is 4.52. The Hall–Kier alpha value is -2.81. The first kappa shape index (κ1) is 16.1. The SMILES string of the molecule is O=C(CNC(=O)c1cccc([N+](=O)[O-])c1)Nc1nc(C2CC2)cs1. The Labute approximate surface area is 141 Å². The van der Waals surface area contributed by atoms with E-state index in [0.717, 1.165) is 24.6 Å². The van der Waals surface area contributed by atoms with E-state index < -0.39 is 16.7 Å². The van der Waals surface area contributed by atoms with Gasteiger partial charge in [-0.15, -0.1) is 11.3 Å². The molecule has 1 aromatic heterocycles. The molecule has 0 saturated heterocycles. The van der Waals surface area contributed by atoms with E-state index in [1.54, 1.807) is 0 Å². The maximum atomic E-state index is 12.0. The number of nitrogens with one attached hydrogen (secondary N) is 2. The van der Waals surface area contributed by atoms with Crippen molar-refractivity contribution >= 4 is 34.0 Å². The first-order valence-corrected chi connectivity index (χ1v) is 8.19. The third-order valence-corrected chi connectivity index (χ3v) is 4.27. The summed E-state index contributed by atoms with van der Waals surface area (Å²) in [6, 6.07) is 5.32. The van der Waals surface area contributed by atoms with E-state index in [0.29, 0.717) is 11.0 Å². The summed E-state index contributed by atoms with van der Waals surface area (Å²) in [6.07, 6.45) is 2.27. The number of aromatic nitrogens is 1. The highest BCUT2D eigenvalue weighted by Crippen LogP contribution is 2.40. The molecule has 0 unspecified atom stereocenters. The van der Waals surface area contributed by atoms with Crippen LogP contribution in [0.25, 0.3) is 0 Å². The number of nitro benzene ring substituents is 1. The molecule has 2 N–H and O–H groups in total. The molecule has 2 amide bonds. The Bertz CT molecular complexity index is 800. The smallest absolute Gasteiger partial charge is 0.270 e. The molecule has 1 heterocycles. The number of thiazole rings is 1. The first-order chi connectivity index (χ1) is 11.5. The molecule has 1 aliphatic carbocycles. The fourth-order valence-corrected chi connectivity index (χ4v) is 2.91. The summed E-state index contributed by atoms with van der Waals surface area (Å²) in [5.41, 5.74) is 0.945. The van der Waals surface area contributed by atoms with Gasteiger partial charge in [0.2, 0.25) is 5.91 Å². The molecule has 1 saturated carbocycles. The van der Waals surface area contributed by atoms with E-state index in [9.17, 15) is 19.7 Å². The summed E-state index contributed by atoms with van der Waals surface area (Å²) in [6.45, 7) is -0.236. The predicted molar refractivity (Wildman–Crippen MR) is 88.1 cm³/mol. The molecule has 3 rings (SSSR count). The van der Waals surface area contributed by atoms with Crippen molar-refractivity contribution in [2.45, 2.75) is 18.8 Å². The average Bonchev–Trinajstić information content (AvgIpc) is 3.33. The molecule has 1 fully saturated rings. The lowest BCUT2D eigenvalue weighted by atomic mass is 10.2. The van der Waals surface area contributed by atoms with E-state index in [4.69, 9.17) is 0 Å². The fraction of sp³-hybridized carbons (Fsp3) is 0.267. The van der Waals surface area contributed by atoms with Crippen LogP contribution in [0.5, 0.6) is 0 Å². The van der Waals surface area contributed by atoms with Crippen LogP contribution in [-0.2, 0) is 4.79 Å². The van der Waals surface area contributed by atoms with Gasteiger partial charge < -0.3 is 10.6 Å². The van der Waals surface area contributed by atoms with Crippen LogP contribution in [0.15, 0.2) is 29.6 Å². The van der Waals surface area contributed by atoms with Crippen molar-refractivity contribution in [3.63, 3.8) is 0 Å². The summed E-state index contributed by atoms with van der Waals surface area (Å²) < 4.78 is 0. The molecule has 2 aromatic rings. The van der Waals surface area contributed by atoms with Crippen molar-refractivity contribution in [1.82, 2.24) is 10.3 Å². The zero-order chi connectivity index (χ0) is 17.1. The number of carbonyl (C=O) groups is 2. The Morgan fingerprint density at radius 3 is 2.88 bits per heavy atom. The fourth-order valence-electron chi connectivity index (χ4n) is 2.10. The highest BCUT2D eigenvalue weighted by molar-refractivity contribution is 7.13. The molecule has 0 spiro atoms. The predicted octanol–water partition coefficient (Wildman–Crippen LogP) is 2.30. The van der Waals surface area contributed by atoms with Crippen LogP contribution >= 0.6 is 11.3 Å². The number of anilines is 1. The molecule has 0 radical (unpaired) electrons. The van der Waals surface area contributed by atoms with Crippen LogP contribution in [0.1, 0.15) is 34.8 Å². The van der Waals surface area contributed by atoms with Crippen LogP contribution in [0.4, 0.5) is 10.8 Å².